The Balaban J connectivity index is 0.00000261. The molecule has 2 heterocycles. The fourth-order valence-corrected chi connectivity index (χ4v) is 4.45. The zero-order valence-corrected chi connectivity index (χ0v) is 19.4. The third-order valence-electron chi connectivity index (χ3n) is 5.21. The quantitative estimate of drug-likeness (QED) is 0.268. The van der Waals surface area contributed by atoms with Crippen molar-refractivity contribution < 1.29 is 0 Å². The lowest BCUT2D eigenvalue weighted by atomic mass is 10.2. The predicted octanol–water partition coefficient (Wildman–Crippen LogP) is 2.57. The van der Waals surface area contributed by atoms with E-state index in [1.165, 1.54) is 56.2 Å². The molecule has 0 saturated carbocycles. The van der Waals surface area contributed by atoms with Crippen molar-refractivity contribution in [2.24, 2.45) is 10.7 Å². The topological polar surface area (TPSA) is 48.1 Å². The van der Waals surface area contributed by atoms with Crippen LogP contribution >= 0.6 is 35.7 Å². The average molecular weight is 503 g/mol. The summed E-state index contributed by atoms with van der Waals surface area (Å²) in [6, 6.07) is 10.8. The van der Waals surface area contributed by atoms with Crippen molar-refractivity contribution in [3.8, 4) is 0 Å². The van der Waals surface area contributed by atoms with Gasteiger partial charge in [0.1, 0.15) is 0 Å². The number of nitrogens with two attached hydrogens (primary N) is 1. The van der Waals surface area contributed by atoms with Crippen molar-refractivity contribution in [1.29, 1.82) is 0 Å². The van der Waals surface area contributed by atoms with E-state index in [2.05, 4.69) is 50.0 Å². The molecule has 1 aromatic rings. The Morgan fingerprint density at radius 2 is 1.59 bits per heavy atom. The molecule has 1 aromatic carbocycles. The number of thioether (sulfide) groups is 1. The van der Waals surface area contributed by atoms with Crippen molar-refractivity contribution in [2.45, 2.75) is 19.4 Å². The second-order valence-electron chi connectivity index (χ2n) is 7.15. The van der Waals surface area contributed by atoms with Gasteiger partial charge in [0, 0.05) is 63.9 Å². The highest BCUT2D eigenvalue weighted by molar-refractivity contribution is 14.0. The summed E-state index contributed by atoms with van der Waals surface area (Å²) in [4.78, 5) is 12.0. The smallest absolute Gasteiger partial charge is 0.191 e. The molecule has 2 aliphatic heterocycles. The van der Waals surface area contributed by atoms with Crippen molar-refractivity contribution in [3.63, 3.8) is 0 Å². The molecule has 0 unspecified atom stereocenters. The Hall–Kier alpha value is -0.510. The number of guanidine groups is 1. The Morgan fingerprint density at radius 1 is 0.926 bits per heavy atom. The Bertz CT molecular complexity index is 543. The molecule has 0 atom stereocenters. The summed E-state index contributed by atoms with van der Waals surface area (Å²) in [5.41, 5.74) is 7.52. The van der Waals surface area contributed by atoms with Crippen LogP contribution in [0.2, 0.25) is 0 Å². The maximum Gasteiger partial charge on any atom is 0.191 e. The summed E-state index contributed by atoms with van der Waals surface area (Å²) in [6.45, 7) is 9.95. The lowest BCUT2D eigenvalue weighted by Crippen LogP contribution is -2.46. The van der Waals surface area contributed by atoms with Crippen LogP contribution < -0.4 is 5.73 Å². The third kappa shape index (κ3) is 8.17. The molecule has 7 heteroatoms. The van der Waals surface area contributed by atoms with Crippen LogP contribution in [0.5, 0.6) is 0 Å². The molecule has 2 saturated heterocycles. The summed E-state index contributed by atoms with van der Waals surface area (Å²) in [5.74, 6) is 3.10. The second kappa shape index (κ2) is 12.9. The Kier molecular flexibility index (Phi) is 10.8. The molecule has 0 amide bonds. The van der Waals surface area contributed by atoms with Gasteiger partial charge in [-0.2, -0.15) is 11.8 Å². The SMILES string of the molecule is I.NC(=NCCCCN1CCN(Cc2ccccc2)CC1)N1CCSCC1. The summed E-state index contributed by atoms with van der Waals surface area (Å²) in [7, 11) is 0. The highest BCUT2D eigenvalue weighted by atomic mass is 127. The summed E-state index contributed by atoms with van der Waals surface area (Å²) in [5, 5.41) is 0. The minimum Gasteiger partial charge on any atom is -0.370 e. The zero-order valence-electron chi connectivity index (χ0n) is 16.3. The minimum atomic E-state index is 0. The van der Waals surface area contributed by atoms with Crippen LogP contribution in [0.4, 0.5) is 0 Å². The molecule has 152 valence electrons. The first-order chi connectivity index (χ1) is 12.8. The number of aliphatic imine (C=N–C) groups is 1. The van der Waals surface area contributed by atoms with Crippen LogP contribution in [0.25, 0.3) is 0 Å². The molecule has 2 aliphatic rings. The van der Waals surface area contributed by atoms with Gasteiger partial charge in [-0.05, 0) is 24.9 Å². The highest BCUT2D eigenvalue weighted by Crippen LogP contribution is 2.10. The molecule has 3 rings (SSSR count). The van der Waals surface area contributed by atoms with Gasteiger partial charge >= 0.3 is 0 Å². The predicted molar refractivity (Wildman–Crippen MR) is 128 cm³/mol. The average Bonchev–Trinajstić information content (AvgIpc) is 2.70. The zero-order chi connectivity index (χ0) is 18.0. The molecule has 0 aromatic heterocycles. The van der Waals surface area contributed by atoms with Gasteiger partial charge in [0.25, 0.3) is 0 Å². The fraction of sp³-hybridized carbons (Fsp3) is 0.650. The van der Waals surface area contributed by atoms with E-state index >= 15 is 0 Å². The number of halogens is 1. The number of hydrogen-bond acceptors (Lipinski definition) is 4. The van der Waals surface area contributed by atoms with Gasteiger partial charge in [0.2, 0.25) is 0 Å². The van der Waals surface area contributed by atoms with Gasteiger partial charge in [0.05, 0.1) is 0 Å². The third-order valence-corrected chi connectivity index (χ3v) is 6.15. The van der Waals surface area contributed by atoms with Gasteiger partial charge in [-0.3, -0.25) is 9.89 Å². The monoisotopic (exact) mass is 503 g/mol. The molecule has 0 spiro atoms. The fourth-order valence-electron chi connectivity index (χ4n) is 3.55. The van der Waals surface area contributed by atoms with Gasteiger partial charge < -0.3 is 15.5 Å². The maximum absolute atomic E-state index is 6.10. The number of benzene rings is 1. The van der Waals surface area contributed by atoms with E-state index in [4.69, 9.17) is 5.73 Å². The number of unbranched alkanes of at least 4 members (excludes halogenated alkanes) is 1. The second-order valence-corrected chi connectivity index (χ2v) is 8.37. The van der Waals surface area contributed by atoms with E-state index in [1.54, 1.807) is 0 Å². The molecular weight excluding hydrogens is 469 g/mol. The first kappa shape index (κ1) is 22.8. The van der Waals surface area contributed by atoms with Gasteiger partial charge in [0.15, 0.2) is 5.96 Å². The van der Waals surface area contributed by atoms with Gasteiger partial charge in [-0.25, -0.2) is 0 Å². The van der Waals surface area contributed by atoms with Crippen molar-refractivity contribution >= 4 is 41.7 Å². The van der Waals surface area contributed by atoms with Crippen LogP contribution in [-0.4, -0.2) is 84.5 Å². The van der Waals surface area contributed by atoms with E-state index in [1.807, 2.05) is 11.8 Å². The van der Waals surface area contributed by atoms with Crippen molar-refractivity contribution in [1.82, 2.24) is 14.7 Å². The maximum atomic E-state index is 6.10. The molecule has 2 N–H and O–H groups in total. The number of hydrogen-bond donors (Lipinski definition) is 1. The molecule has 0 aliphatic carbocycles. The molecular formula is C20H34IN5S. The van der Waals surface area contributed by atoms with Crippen LogP contribution in [0.3, 0.4) is 0 Å². The van der Waals surface area contributed by atoms with Crippen LogP contribution in [-0.2, 0) is 6.54 Å². The number of nitrogens with zero attached hydrogens (tertiary/aromatic N) is 4. The van der Waals surface area contributed by atoms with Gasteiger partial charge in [-0.15, -0.1) is 24.0 Å². The molecule has 5 nitrogen and oxygen atoms in total. The minimum absolute atomic E-state index is 0. The van der Waals surface area contributed by atoms with Crippen molar-refractivity contribution in [3.05, 3.63) is 35.9 Å². The van der Waals surface area contributed by atoms with Gasteiger partial charge in [-0.1, -0.05) is 30.3 Å². The van der Waals surface area contributed by atoms with Crippen LogP contribution in [0.15, 0.2) is 35.3 Å². The summed E-state index contributed by atoms with van der Waals surface area (Å²) >= 11 is 2.00. The first-order valence-electron chi connectivity index (χ1n) is 9.92. The summed E-state index contributed by atoms with van der Waals surface area (Å²) in [6.07, 6.45) is 2.35. The molecule has 0 radical (unpaired) electrons. The lowest BCUT2D eigenvalue weighted by Gasteiger charge is -2.34. The number of piperazine rings is 1. The van der Waals surface area contributed by atoms with Crippen LogP contribution in [0, 0.1) is 0 Å². The first-order valence-corrected chi connectivity index (χ1v) is 11.1. The van der Waals surface area contributed by atoms with E-state index in [-0.39, 0.29) is 24.0 Å². The molecule has 0 bridgehead atoms. The van der Waals surface area contributed by atoms with E-state index < -0.39 is 0 Å². The largest absolute Gasteiger partial charge is 0.370 e. The van der Waals surface area contributed by atoms with E-state index in [9.17, 15) is 0 Å². The van der Waals surface area contributed by atoms with E-state index in [0.717, 1.165) is 38.6 Å². The normalized spacial score (nSPS) is 19.7. The van der Waals surface area contributed by atoms with Crippen LogP contribution in [0.1, 0.15) is 18.4 Å². The highest BCUT2D eigenvalue weighted by Gasteiger charge is 2.16. The number of rotatable bonds is 7. The molecule has 27 heavy (non-hydrogen) atoms. The standard InChI is InChI=1S/C20H33N5S.HI/c21-20(25-14-16-26-17-15-25)22-8-4-5-9-23-10-12-24(13-11-23)18-19-6-2-1-3-7-19;/h1-3,6-7H,4-5,8-18H2,(H2,21,22);1H. The Labute approximate surface area is 185 Å². The Morgan fingerprint density at radius 3 is 2.30 bits per heavy atom. The lowest BCUT2D eigenvalue weighted by molar-refractivity contribution is 0.126. The molecule has 2 fully saturated rings. The van der Waals surface area contributed by atoms with Crippen molar-refractivity contribution in [2.75, 3.05) is 63.9 Å². The summed E-state index contributed by atoms with van der Waals surface area (Å²) < 4.78 is 0. The van der Waals surface area contributed by atoms with E-state index in [0.29, 0.717) is 0 Å².